The lowest BCUT2D eigenvalue weighted by Crippen LogP contribution is -2.23. The molecular formula is C10H15N3. The maximum Gasteiger partial charge on any atom is 0.0895 e. The van der Waals surface area contributed by atoms with Crippen LogP contribution in [-0.4, -0.2) is 22.9 Å². The van der Waals surface area contributed by atoms with Crippen LogP contribution in [0.25, 0.3) is 5.57 Å². The van der Waals surface area contributed by atoms with Crippen LogP contribution in [0.1, 0.15) is 19.0 Å². The van der Waals surface area contributed by atoms with Gasteiger partial charge in [-0.05, 0) is 31.5 Å². The second-order valence-corrected chi connectivity index (χ2v) is 3.56. The number of nitrogens with one attached hydrogen (secondary N) is 1. The molecule has 0 atom stereocenters. The van der Waals surface area contributed by atoms with Crippen molar-refractivity contribution in [2.45, 2.75) is 13.3 Å². The molecule has 1 aliphatic rings. The monoisotopic (exact) mass is 177 g/mol. The highest BCUT2D eigenvalue weighted by molar-refractivity contribution is 5.67. The molecule has 0 amide bonds. The van der Waals surface area contributed by atoms with Gasteiger partial charge < -0.3 is 5.32 Å². The Morgan fingerprint density at radius 2 is 2.38 bits per heavy atom. The Morgan fingerprint density at radius 3 is 3.00 bits per heavy atom. The quantitative estimate of drug-likeness (QED) is 0.698. The number of nitrogens with zero attached hydrogens (tertiary/aromatic N) is 2. The van der Waals surface area contributed by atoms with Crippen molar-refractivity contribution in [2.24, 2.45) is 7.05 Å². The third-order valence-corrected chi connectivity index (χ3v) is 2.52. The van der Waals surface area contributed by atoms with Crippen LogP contribution in [0, 0.1) is 0 Å². The summed E-state index contributed by atoms with van der Waals surface area (Å²) in [6.45, 7) is 4.26. The fraction of sp³-hybridized carbons (Fsp3) is 0.500. The molecule has 0 unspecified atom stereocenters. The van der Waals surface area contributed by atoms with E-state index in [1.54, 1.807) is 0 Å². The van der Waals surface area contributed by atoms with Crippen LogP contribution in [0.2, 0.25) is 0 Å². The first-order valence-corrected chi connectivity index (χ1v) is 4.67. The van der Waals surface area contributed by atoms with Crippen LogP contribution in [0.4, 0.5) is 0 Å². The van der Waals surface area contributed by atoms with Crippen LogP contribution < -0.4 is 5.32 Å². The zero-order valence-corrected chi connectivity index (χ0v) is 8.17. The van der Waals surface area contributed by atoms with Crippen molar-refractivity contribution in [1.29, 1.82) is 0 Å². The van der Waals surface area contributed by atoms with E-state index in [0.29, 0.717) is 0 Å². The van der Waals surface area contributed by atoms with Crippen LogP contribution >= 0.6 is 0 Å². The Balaban J connectivity index is 2.34. The lowest BCUT2D eigenvalue weighted by atomic mass is 10.0. The largest absolute Gasteiger partial charge is 0.312 e. The number of rotatable bonds is 1. The Hall–Kier alpha value is -1.09. The van der Waals surface area contributed by atoms with Crippen molar-refractivity contribution in [2.75, 3.05) is 13.1 Å². The predicted octanol–water partition coefficient (Wildman–Crippen LogP) is 1.19. The Kier molecular flexibility index (Phi) is 2.19. The van der Waals surface area contributed by atoms with Gasteiger partial charge >= 0.3 is 0 Å². The number of aromatic nitrogens is 2. The number of hydrogen-bond donors (Lipinski definition) is 1. The van der Waals surface area contributed by atoms with Gasteiger partial charge in [-0.15, -0.1) is 0 Å². The topological polar surface area (TPSA) is 29.9 Å². The maximum absolute atomic E-state index is 4.40. The predicted molar refractivity (Wildman–Crippen MR) is 53.3 cm³/mol. The minimum Gasteiger partial charge on any atom is -0.312 e. The van der Waals surface area contributed by atoms with Crippen molar-refractivity contribution < 1.29 is 0 Å². The summed E-state index contributed by atoms with van der Waals surface area (Å²) in [4.78, 5) is 0. The maximum atomic E-state index is 4.40. The van der Waals surface area contributed by atoms with Gasteiger partial charge in [-0.1, -0.05) is 5.57 Å². The molecule has 0 aliphatic carbocycles. The highest BCUT2D eigenvalue weighted by Crippen LogP contribution is 2.20. The molecule has 1 aromatic rings. The second-order valence-electron chi connectivity index (χ2n) is 3.56. The van der Waals surface area contributed by atoms with Crippen molar-refractivity contribution >= 4 is 5.57 Å². The molecule has 0 fully saturated rings. The van der Waals surface area contributed by atoms with E-state index in [1.807, 2.05) is 17.9 Å². The van der Waals surface area contributed by atoms with E-state index in [-0.39, 0.29) is 0 Å². The van der Waals surface area contributed by atoms with Crippen molar-refractivity contribution in [3.8, 4) is 0 Å². The fourth-order valence-electron chi connectivity index (χ4n) is 1.68. The average Bonchev–Trinajstić information content (AvgIpc) is 2.53. The summed E-state index contributed by atoms with van der Waals surface area (Å²) < 4.78 is 1.85. The Morgan fingerprint density at radius 1 is 1.54 bits per heavy atom. The van der Waals surface area contributed by atoms with Gasteiger partial charge in [0.05, 0.1) is 5.69 Å². The molecule has 3 nitrogen and oxygen atoms in total. The van der Waals surface area contributed by atoms with E-state index in [2.05, 4.69) is 23.4 Å². The van der Waals surface area contributed by atoms with Gasteiger partial charge in [0.1, 0.15) is 0 Å². The SMILES string of the molecule is CC1=C(c2ccn(C)n2)CNCC1. The highest BCUT2D eigenvalue weighted by atomic mass is 15.2. The van der Waals surface area contributed by atoms with Crippen LogP contribution in [-0.2, 0) is 7.05 Å². The van der Waals surface area contributed by atoms with Gasteiger partial charge in [0.15, 0.2) is 0 Å². The smallest absolute Gasteiger partial charge is 0.0895 e. The summed E-state index contributed by atoms with van der Waals surface area (Å²) in [5, 5.41) is 7.77. The molecule has 0 bridgehead atoms. The molecule has 2 rings (SSSR count). The molecule has 0 radical (unpaired) electrons. The summed E-state index contributed by atoms with van der Waals surface area (Å²) in [5.41, 5.74) is 3.96. The number of hydrogen-bond acceptors (Lipinski definition) is 2. The van der Waals surface area contributed by atoms with Gasteiger partial charge in [-0.3, -0.25) is 4.68 Å². The molecule has 0 aromatic carbocycles. The van der Waals surface area contributed by atoms with Gasteiger partial charge in [0.2, 0.25) is 0 Å². The van der Waals surface area contributed by atoms with Gasteiger partial charge in [-0.2, -0.15) is 5.10 Å². The van der Waals surface area contributed by atoms with Gasteiger partial charge in [0.25, 0.3) is 0 Å². The van der Waals surface area contributed by atoms with E-state index in [9.17, 15) is 0 Å². The molecule has 1 N–H and O–H groups in total. The molecule has 70 valence electrons. The molecule has 1 aliphatic heterocycles. The van der Waals surface area contributed by atoms with Crippen molar-refractivity contribution in [1.82, 2.24) is 15.1 Å². The first-order valence-electron chi connectivity index (χ1n) is 4.67. The molecule has 2 heterocycles. The van der Waals surface area contributed by atoms with E-state index < -0.39 is 0 Å². The zero-order chi connectivity index (χ0) is 9.26. The highest BCUT2D eigenvalue weighted by Gasteiger charge is 2.12. The minimum absolute atomic E-state index is 0.961. The summed E-state index contributed by atoms with van der Waals surface area (Å²) in [7, 11) is 1.95. The molecular weight excluding hydrogens is 162 g/mol. The first-order chi connectivity index (χ1) is 6.27. The number of aryl methyl sites for hydroxylation is 1. The third-order valence-electron chi connectivity index (χ3n) is 2.52. The van der Waals surface area contributed by atoms with Crippen LogP contribution in [0.5, 0.6) is 0 Å². The Bertz CT molecular complexity index is 336. The molecule has 1 aromatic heterocycles. The average molecular weight is 177 g/mol. The van der Waals surface area contributed by atoms with Crippen LogP contribution in [0.15, 0.2) is 17.8 Å². The van der Waals surface area contributed by atoms with Gasteiger partial charge in [-0.25, -0.2) is 0 Å². The van der Waals surface area contributed by atoms with E-state index in [4.69, 9.17) is 0 Å². The first kappa shape index (κ1) is 8.51. The normalized spacial score (nSPS) is 18.0. The summed E-state index contributed by atoms with van der Waals surface area (Å²) in [6, 6.07) is 2.08. The molecule has 3 heteroatoms. The summed E-state index contributed by atoms with van der Waals surface area (Å²) >= 11 is 0. The van der Waals surface area contributed by atoms with Gasteiger partial charge in [0, 0.05) is 19.8 Å². The lowest BCUT2D eigenvalue weighted by molar-refractivity contribution is 0.706. The van der Waals surface area contributed by atoms with E-state index in [0.717, 1.165) is 25.2 Å². The molecule has 0 saturated carbocycles. The molecule has 0 spiro atoms. The Labute approximate surface area is 78.4 Å². The third kappa shape index (κ3) is 1.65. The summed E-state index contributed by atoms with van der Waals surface area (Å²) in [5.74, 6) is 0. The lowest BCUT2D eigenvalue weighted by Gasteiger charge is -2.17. The van der Waals surface area contributed by atoms with Crippen LogP contribution in [0.3, 0.4) is 0 Å². The summed E-state index contributed by atoms with van der Waals surface area (Å²) in [6.07, 6.45) is 3.14. The minimum atomic E-state index is 0.961. The molecule has 13 heavy (non-hydrogen) atoms. The van der Waals surface area contributed by atoms with E-state index >= 15 is 0 Å². The second kappa shape index (κ2) is 3.34. The van der Waals surface area contributed by atoms with Crippen molar-refractivity contribution in [3.05, 3.63) is 23.5 Å². The van der Waals surface area contributed by atoms with Crippen molar-refractivity contribution in [3.63, 3.8) is 0 Å². The standard InChI is InChI=1S/C10H15N3/c1-8-3-5-11-7-9(8)10-4-6-13(2)12-10/h4,6,11H,3,5,7H2,1-2H3. The zero-order valence-electron chi connectivity index (χ0n) is 8.17. The fourth-order valence-corrected chi connectivity index (χ4v) is 1.68. The van der Waals surface area contributed by atoms with E-state index in [1.165, 1.54) is 11.1 Å². The molecule has 0 saturated heterocycles.